The summed E-state index contributed by atoms with van der Waals surface area (Å²) in [5.74, 6) is 0.115. The molecular weight excluding hydrogens is 190 g/mol. The minimum absolute atomic E-state index is 0.115. The summed E-state index contributed by atoms with van der Waals surface area (Å²) in [5, 5.41) is 9.50. The van der Waals surface area contributed by atoms with Gasteiger partial charge in [-0.2, -0.15) is 4.31 Å². The maximum Gasteiger partial charge on any atom is 0.214 e. The number of aliphatic hydroxyl groups excluding tert-OH is 1. The van der Waals surface area contributed by atoms with Crippen molar-refractivity contribution in [3.8, 4) is 0 Å². The van der Waals surface area contributed by atoms with Crippen LogP contribution in [0.3, 0.4) is 0 Å². The first kappa shape index (κ1) is 10.9. The van der Waals surface area contributed by atoms with Crippen molar-refractivity contribution in [1.82, 2.24) is 4.31 Å². The zero-order valence-corrected chi connectivity index (χ0v) is 8.92. The number of hydrogen-bond acceptors (Lipinski definition) is 3. The predicted molar refractivity (Wildman–Crippen MR) is 50.9 cm³/mol. The third kappa shape index (κ3) is 2.21. The first-order valence-corrected chi connectivity index (χ1v) is 6.27. The lowest BCUT2D eigenvalue weighted by molar-refractivity contribution is 0.0615. The first-order valence-electron chi connectivity index (χ1n) is 4.66. The Labute approximate surface area is 79.6 Å². The SMILES string of the molecule is CCS(=O)(=O)N1CCCC(O)C1C. The molecule has 1 saturated heterocycles. The van der Waals surface area contributed by atoms with Crippen LogP contribution in [0.5, 0.6) is 0 Å². The van der Waals surface area contributed by atoms with Gasteiger partial charge in [0.2, 0.25) is 10.0 Å². The van der Waals surface area contributed by atoms with Crippen molar-refractivity contribution in [2.75, 3.05) is 12.3 Å². The topological polar surface area (TPSA) is 57.6 Å². The van der Waals surface area contributed by atoms with Gasteiger partial charge < -0.3 is 5.11 Å². The Hall–Kier alpha value is -0.130. The second-order valence-electron chi connectivity index (χ2n) is 3.46. The van der Waals surface area contributed by atoms with Crippen LogP contribution >= 0.6 is 0 Å². The van der Waals surface area contributed by atoms with Gasteiger partial charge in [0.25, 0.3) is 0 Å². The highest BCUT2D eigenvalue weighted by Gasteiger charge is 2.33. The van der Waals surface area contributed by atoms with E-state index in [0.717, 1.165) is 6.42 Å². The Morgan fingerprint density at radius 3 is 2.69 bits per heavy atom. The third-order valence-electron chi connectivity index (χ3n) is 2.61. The van der Waals surface area contributed by atoms with E-state index in [0.29, 0.717) is 13.0 Å². The number of hydrogen-bond donors (Lipinski definition) is 1. The molecule has 1 aliphatic heterocycles. The first-order chi connectivity index (χ1) is 5.99. The number of piperidine rings is 1. The highest BCUT2D eigenvalue weighted by atomic mass is 32.2. The monoisotopic (exact) mass is 207 g/mol. The molecule has 1 N–H and O–H groups in total. The minimum Gasteiger partial charge on any atom is -0.391 e. The van der Waals surface area contributed by atoms with Crippen molar-refractivity contribution in [2.24, 2.45) is 0 Å². The molecule has 1 rings (SSSR count). The minimum atomic E-state index is -3.13. The molecule has 1 fully saturated rings. The summed E-state index contributed by atoms with van der Waals surface area (Å²) >= 11 is 0. The van der Waals surface area contributed by atoms with Gasteiger partial charge in [0.1, 0.15) is 0 Å². The second kappa shape index (κ2) is 3.94. The molecule has 2 atom stereocenters. The predicted octanol–water partition coefficient (Wildman–Crippen LogP) is 0.181. The smallest absolute Gasteiger partial charge is 0.214 e. The Balaban J connectivity index is 2.80. The molecule has 2 unspecified atom stereocenters. The van der Waals surface area contributed by atoms with E-state index in [1.165, 1.54) is 4.31 Å². The highest BCUT2D eigenvalue weighted by molar-refractivity contribution is 7.89. The summed E-state index contributed by atoms with van der Waals surface area (Å²) in [7, 11) is -3.13. The number of aliphatic hydroxyl groups is 1. The Bertz CT molecular complexity index is 263. The van der Waals surface area contributed by atoms with Crippen molar-refractivity contribution in [2.45, 2.75) is 38.8 Å². The van der Waals surface area contributed by atoms with Crippen LogP contribution in [0.4, 0.5) is 0 Å². The fourth-order valence-corrected chi connectivity index (χ4v) is 3.04. The van der Waals surface area contributed by atoms with Crippen LogP contribution in [0.15, 0.2) is 0 Å². The second-order valence-corrected chi connectivity index (χ2v) is 5.67. The van der Waals surface area contributed by atoms with Crippen LogP contribution in [0.1, 0.15) is 26.7 Å². The molecular formula is C8H17NO3S. The molecule has 4 nitrogen and oxygen atoms in total. The molecule has 0 saturated carbocycles. The number of rotatable bonds is 2. The van der Waals surface area contributed by atoms with Gasteiger partial charge in [-0.25, -0.2) is 8.42 Å². The van der Waals surface area contributed by atoms with Crippen molar-refractivity contribution >= 4 is 10.0 Å². The lowest BCUT2D eigenvalue weighted by Crippen LogP contribution is -2.49. The quantitative estimate of drug-likeness (QED) is 0.703. The summed E-state index contributed by atoms with van der Waals surface area (Å²) in [4.78, 5) is 0. The lowest BCUT2D eigenvalue weighted by atomic mass is 10.0. The van der Waals surface area contributed by atoms with Crippen molar-refractivity contribution in [1.29, 1.82) is 0 Å². The van der Waals surface area contributed by atoms with Gasteiger partial charge in [-0.3, -0.25) is 0 Å². The maximum atomic E-state index is 11.5. The molecule has 0 aromatic carbocycles. The van der Waals surface area contributed by atoms with Crippen LogP contribution in [-0.4, -0.2) is 42.3 Å². The Kier molecular flexibility index (Phi) is 3.32. The van der Waals surface area contributed by atoms with Crippen LogP contribution in [0.2, 0.25) is 0 Å². The van der Waals surface area contributed by atoms with Gasteiger partial charge in [-0.15, -0.1) is 0 Å². The molecule has 0 amide bonds. The lowest BCUT2D eigenvalue weighted by Gasteiger charge is -2.35. The van der Waals surface area contributed by atoms with Crippen LogP contribution < -0.4 is 0 Å². The molecule has 0 spiro atoms. The average molecular weight is 207 g/mol. The normalized spacial score (nSPS) is 31.9. The average Bonchev–Trinajstić information content (AvgIpc) is 2.09. The van der Waals surface area contributed by atoms with E-state index in [-0.39, 0.29) is 11.8 Å². The van der Waals surface area contributed by atoms with Gasteiger partial charge in [-0.05, 0) is 26.7 Å². The van der Waals surface area contributed by atoms with Gasteiger partial charge in [-0.1, -0.05) is 0 Å². The molecule has 1 heterocycles. The zero-order valence-electron chi connectivity index (χ0n) is 8.10. The molecule has 0 radical (unpaired) electrons. The summed E-state index contributed by atoms with van der Waals surface area (Å²) < 4.78 is 24.5. The molecule has 0 aliphatic carbocycles. The maximum absolute atomic E-state index is 11.5. The largest absolute Gasteiger partial charge is 0.391 e. The highest BCUT2D eigenvalue weighted by Crippen LogP contribution is 2.20. The zero-order chi connectivity index (χ0) is 10.1. The van der Waals surface area contributed by atoms with Crippen LogP contribution in [0, 0.1) is 0 Å². The Morgan fingerprint density at radius 1 is 1.54 bits per heavy atom. The van der Waals surface area contributed by atoms with E-state index in [4.69, 9.17) is 0 Å². The summed E-state index contributed by atoms with van der Waals surface area (Å²) in [6.45, 7) is 3.94. The number of sulfonamides is 1. The molecule has 1 aliphatic rings. The van der Waals surface area contributed by atoms with Gasteiger partial charge in [0.05, 0.1) is 11.9 Å². The molecule has 5 heteroatoms. The van der Waals surface area contributed by atoms with E-state index < -0.39 is 16.1 Å². The summed E-state index contributed by atoms with van der Waals surface area (Å²) in [5.41, 5.74) is 0. The van der Waals surface area contributed by atoms with Crippen molar-refractivity contribution in [3.05, 3.63) is 0 Å². The summed E-state index contributed by atoms with van der Waals surface area (Å²) in [6, 6.07) is -0.265. The van der Waals surface area contributed by atoms with E-state index >= 15 is 0 Å². The van der Waals surface area contributed by atoms with Crippen molar-refractivity contribution < 1.29 is 13.5 Å². The molecule has 13 heavy (non-hydrogen) atoms. The third-order valence-corrected chi connectivity index (χ3v) is 4.57. The molecule has 0 bridgehead atoms. The standard InChI is InChI=1S/C8H17NO3S/c1-3-13(11,12)9-6-4-5-8(10)7(9)2/h7-8,10H,3-6H2,1-2H3. The molecule has 0 aromatic heterocycles. The van der Waals surface area contributed by atoms with Crippen LogP contribution in [0.25, 0.3) is 0 Å². The van der Waals surface area contributed by atoms with E-state index in [9.17, 15) is 13.5 Å². The van der Waals surface area contributed by atoms with Gasteiger partial charge in [0.15, 0.2) is 0 Å². The number of nitrogens with zero attached hydrogens (tertiary/aromatic N) is 1. The fraction of sp³-hybridized carbons (Fsp3) is 1.00. The molecule has 78 valence electrons. The fourth-order valence-electron chi connectivity index (χ4n) is 1.65. The van der Waals surface area contributed by atoms with E-state index in [1.54, 1.807) is 13.8 Å². The summed E-state index contributed by atoms with van der Waals surface area (Å²) in [6.07, 6.45) is 0.955. The Morgan fingerprint density at radius 2 is 2.15 bits per heavy atom. The van der Waals surface area contributed by atoms with E-state index in [2.05, 4.69) is 0 Å². The molecule has 0 aromatic rings. The van der Waals surface area contributed by atoms with Crippen LogP contribution in [-0.2, 0) is 10.0 Å². The van der Waals surface area contributed by atoms with E-state index in [1.807, 2.05) is 0 Å². The van der Waals surface area contributed by atoms with Gasteiger partial charge in [0, 0.05) is 12.6 Å². The van der Waals surface area contributed by atoms with Crippen molar-refractivity contribution in [3.63, 3.8) is 0 Å². The van der Waals surface area contributed by atoms with Gasteiger partial charge >= 0.3 is 0 Å².